The molecule has 0 bridgehead atoms. The second kappa shape index (κ2) is 8.19. The maximum atomic E-state index is 12.8. The zero-order valence-corrected chi connectivity index (χ0v) is 15.5. The van der Waals surface area contributed by atoms with Crippen LogP contribution in [0.2, 0.25) is 0 Å². The fraction of sp³-hybridized carbons (Fsp3) is 0.333. The first-order valence-corrected chi connectivity index (χ1v) is 8.55. The van der Waals surface area contributed by atoms with Gasteiger partial charge in [0.2, 0.25) is 5.69 Å². The molecule has 0 heterocycles. The van der Waals surface area contributed by atoms with E-state index in [4.69, 9.17) is 0 Å². The summed E-state index contributed by atoms with van der Waals surface area (Å²) in [5.41, 5.74) is 4.14. The molecule has 0 aliphatic heterocycles. The summed E-state index contributed by atoms with van der Waals surface area (Å²) in [7, 11) is 1.87. The van der Waals surface area contributed by atoms with Crippen LogP contribution >= 0.6 is 0 Å². The van der Waals surface area contributed by atoms with Gasteiger partial charge in [-0.3, -0.25) is 4.90 Å². The Morgan fingerprint density at radius 2 is 1.96 bits per heavy atom. The average molecular weight is 339 g/mol. The smallest absolute Gasteiger partial charge is 0.374 e. The third kappa shape index (κ3) is 4.41. The van der Waals surface area contributed by atoms with Gasteiger partial charge in [-0.2, -0.15) is 0 Å². The van der Waals surface area contributed by atoms with Crippen LogP contribution in [-0.2, 0) is 0 Å². The van der Waals surface area contributed by atoms with Crippen LogP contribution in [0.4, 0.5) is 5.69 Å². The Morgan fingerprint density at radius 3 is 2.60 bits per heavy atom. The predicted molar refractivity (Wildman–Crippen MR) is 102 cm³/mol. The summed E-state index contributed by atoms with van der Waals surface area (Å²) < 4.78 is 1.41. The molecule has 0 aromatic heterocycles. The van der Waals surface area contributed by atoms with E-state index in [1.54, 1.807) is 18.2 Å². The van der Waals surface area contributed by atoms with Crippen molar-refractivity contribution in [1.29, 1.82) is 0 Å². The van der Waals surface area contributed by atoms with E-state index in [-0.39, 0.29) is 5.91 Å². The highest BCUT2D eigenvalue weighted by Gasteiger charge is 2.23. The average Bonchev–Trinajstić information content (AvgIpc) is 2.60. The summed E-state index contributed by atoms with van der Waals surface area (Å²) >= 11 is 0. The molecule has 2 aromatic carbocycles. The van der Waals surface area contributed by atoms with Gasteiger partial charge in [-0.1, -0.05) is 30.7 Å². The van der Waals surface area contributed by atoms with Crippen LogP contribution in [0.3, 0.4) is 0 Å². The predicted octanol–water partition coefficient (Wildman–Crippen LogP) is 3.82. The van der Waals surface area contributed by atoms with Crippen LogP contribution in [0, 0.1) is 13.8 Å². The van der Waals surface area contributed by atoms with Gasteiger partial charge in [0, 0.05) is 18.2 Å². The molecule has 1 unspecified atom stereocenters. The first-order chi connectivity index (χ1) is 11.8. The van der Waals surface area contributed by atoms with Gasteiger partial charge in [-0.25, -0.2) is 4.79 Å². The van der Waals surface area contributed by atoms with Gasteiger partial charge < -0.3 is 5.11 Å². The Hall–Kier alpha value is -2.30. The molecular weight excluding hydrogens is 312 g/mol. The van der Waals surface area contributed by atoms with Crippen molar-refractivity contribution >= 4 is 18.3 Å². The number of rotatable bonds is 6. The number of nitrogens with zero attached hydrogens (tertiary/aromatic N) is 2. The number of amides is 1. The lowest BCUT2D eigenvalue weighted by Gasteiger charge is -2.23. The summed E-state index contributed by atoms with van der Waals surface area (Å²) in [6.45, 7) is 10.8. The monoisotopic (exact) mass is 339 g/mol. The Balaban J connectivity index is 2.27. The lowest BCUT2D eigenvalue weighted by atomic mass is 10.1. The molecule has 132 valence electrons. The SMILES string of the molecule is C=[N+](C(=O)c1cccc(C(O)N(C)CCC)c1)c1ccc(C)cc1C. The molecule has 4 heteroatoms. The minimum absolute atomic E-state index is 0.195. The maximum Gasteiger partial charge on any atom is 0.424 e. The third-order valence-corrected chi connectivity index (χ3v) is 4.31. The molecule has 2 rings (SSSR count). The second-order valence-electron chi connectivity index (χ2n) is 6.50. The number of aliphatic hydroxyl groups excluding tert-OH is 1. The number of aryl methyl sites for hydroxylation is 2. The number of carbonyl (C=O) groups is 1. The molecule has 0 saturated heterocycles. The van der Waals surface area contributed by atoms with E-state index in [0.29, 0.717) is 11.1 Å². The van der Waals surface area contributed by atoms with Crippen LogP contribution in [0.25, 0.3) is 0 Å². The topological polar surface area (TPSA) is 43.6 Å². The maximum absolute atomic E-state index is 12.8. The first-order valence-electron chi connectivity index (χ1n) is 8.55. The fourth-order valence-corrected chi connectivity index (χ4v) is 2.94. The molecule has 0 saturated carbocycles. The molecule has 25 heavy (non-hydrogen) atoms. The summed E-state index contributed by atoms with van der Waals surface area (Å²) in [5, 5.41) is 10.4. The van der Waals surface area contributed by atoms with Crippen molar-refractivity contribution in [3.8, 4) is 0 Å². The van der Waals surface area contributed by atoms with Gasteiger partial charge in [-0.05, 0) is 51.1 Å². The molecule has 0 spiro atoms. The molecule has 1 N–H and O–H groups in total. The Labute approximate surface area is 150 Å². The third-order valence-electron chi connectivity index (χ3n) is 4.31. The zero-order valence-electron chi connectivity index (χ0n) is 15.5. The molecule has 0 radical (unpaired) electrons. The van der Waals surface area contributed by atoms with Crippen LogP contribution in [0.15, 0.2) is 42.5 Å². The van der Waals surface area contributed by atoms with Crippen LogP contribution in [0.1, 0.15) is 46.6 Å². The van der Waals surface area contributed by atoms with E-state index < -0.39 is 6.23 Å². The quantitative estimate of drug-likeness (QED) is 0.494. The van der Waals surface area contributed by atoms with Crippen molar-refractivity contribution in [3.63, 3.8) is 0 Å². The van der Waals surface area contributed by atoms with E-state index in [1.165, 1.54) is 4.58 Å². The van der Waals surface area contributed by atoms with Gasteiger partial charge >= 0.3 is 5.91 Å². The van der Waals surface area contributed by atoms with E-state index >= 15 is 0 Å². The molecule has 0 fully saturated rings. The van der Waals surface area contributed by atoms with E-state index in [1.807, 2.05) is 50.1 Å². The standard InChI is InChI=1S/C21H27N2O2/c1-6-12-22(4)20(24)17-8-7-9-18(14-17)21(25)23(5)19-11-10-15(2)13-16(19)3/h7-11,13-14,20,24H,5-6,12H2,1-4H3/q+1. The van der Waals surface area contributed by atoms with Crippen LogP contribution < -0.4 is 0 Å². The number of hydrogen-bond acceptors (Lipinski definition) is 3. The lowest BCUT2D eigenvalue weighted by molar-refractivity contribution is -0.325. The summed E-state index contributed by atoms with van der Waals surface area (Å²) in [6, 6.07) is 13.0. The highest BCUT2D eigenvalue weighted by atomic mass is 16.3. The van der Waals surface area contributed by atoms with Gasteiger partial charge in [0.15, 0.2) is 0 Å². The molecular formula is C21H27N2O2+. The van der Waals surface area contributed by atoms with E-state index in [0.717, 1.165) is 29.8 Å². The highest BCUT2D eigenvalue weighted by molar-refractivity contribution is 5.90. The minimum atomic E-state index is -0.730. The van der Waals surface area contributed by atoms with E-state index in [2.05, 4.69) is 13.6 Å². The van der Waals surface area contributed by atoms with Crippen LogP contribution in [0.5, 0.6) is 0 Å². The van der Waals surface area contributed by atoms with Gasteiger partial charge in [-0.15, -0.1) is 4.58 Å². The van der Waals surface area contributed by atoms with Crippen molar-refractivity contribution in [1.82, 2.24) is 4.90 Å². The lowest BCUT2D eigenvalue weighted by Crippen LogP contribution is -2.25. The summed E-state index contributed by atoms with van der Waals surface area (Å²) in [4.78, 5) is 14.7. The van der Waals surface area contributed by atoms with E-state index in [9.17, 15) is 9.90 Å². The number of benzene rings is 2. The number of hydrogen-bond donors (Lipinski definition) is 1. The first kappa shape index (κ1) is 19.0. The van der Waals surface area contributed by atoms with Crippen LogP contribution in [-0.4, -0.2) is 40.8 Å². The second-order valence-corrected chi connectivity index (χ2v) is 6.50. The molecule has 2 aromatic rings. The Morgan fingerprint density at radius 1 is 1.24 bits per heavy atom. The van der Waals surface area contributed by atoms with Gasteiger partial charge in [0.25, 0.3) is 0 Å². The summed E-state index contributed by atoms with van der Waals surface area (Å²) in [5.74, 6) is -0.195. The molecule has 0 aliphatic carbocycles. The zero-order chi connectivity index (χ0) is 18.6. The Kier molecular flexibility index (Phi) is 6.23. The van der Waals surface area contributed by atoms with Crippen molar-refractivity contribution < 1.29 is 14.5 Å². The minimum Gasteiger partial charge on any atom is -0.374 e. The largest absolute Gasteiger partial charge is 0.424 e. The van der Waals surface area contributed by atoms with Crippen molar-refractivity contribution in [2.24, 2.45) is 0 Å². The normalized spacial score (nSPS) is 12.2. The van der Waals surface area contributed by atoms with Gasteiger partial charge in [0.1, 0.15) is 12.9 Å². The molecule has 1 amide bonds. The van der Waals surface area contributed by atoms with Crippen molar-refractivity contribution in [3.05, 3.63) is 64.7 Å². The Bertz CT molecular complexity index is 783. The highest BCUT2D eigenvalue weighted by Crippen LogP contribution is 2.22. The van der Waals surface area contributed by atoms with Crippen molar-refractivity contribution in [2.75, 3.05) is 13.6 Å². The fourth-order valence-electron chi connectivity index (χ4n) is 2.94. The molecule has 0 aliphatic rings. The molecule has 1 atom stereocenters. The number of aliphatic hydroxyl groups is 1. The van der Waals surface area contributed by atoms with Gasteiger partial charge in [0.05, 0.1) is 5.56 Å². The summed E-state index contributed by atoms with van der Waals surface area (Å²) in [6.07, 6.45) is 0.220. The number of carbonyl (C=O) groups excluding carboxylic acids is 1. The molecule has 4 nitrogen and oxygen atoms in total. The van der Waals surface area contributed by atoms with Crippen molar-refractivity contribution in [2.45, 2.75) is 33.4 Å².